The molecule has 0 N–H and O–H groups in total. The number of carbonyl (C=O) groups excluding carboxylic acids is 1. The summed E-state index contributed by atoms with van der Waals surface area (Å²) in [7, 11) is 0. The van der Waals surface area contributed by atoms with Gasteiger partial charge in [-0.05, 0) is 52.0 Å². The Morgan fingerprint density at radius 1 is 1.21 bits per heavy atom. The molecule has 3 rings (SSSR count). The van der Waals surface area contributed by atoms with Crippen LogP contribution in [0.2, 0.25) is 0 Å². The maximum atomic E-state index is 13.1. The molecule has 2 aromatic rings. The van der Waals surface area contributed by atoms with Crippen molar-refractivity contribution in [3.05, 3.63) is 35.9 Å². The maximum absolute atomic E-state index is 13.1. The van der Waals surface area contributed by atoms with Gasteiger partial charge in [0.25, 0.3) is 0 Å². The molecule has 1 aliphatic heterocycles. The molecule has 0 radical (unpaired) electrons. The number of fused-ring (bicyclic) bond motifs is 1. The van der Waals surface area contributed by atoms with Crippen LogP contribution in [-0.4, -0.2) is 37.9 Å². The van der Waals surface area contributed by atoms with E-state index in [9.17, 15) is 9.18 Å². The summed E-state index contributed by atoms with van der Waals surface area (Å²) >= 11 is 0. The summed E-state index contributed by atoms with van der Waals surface area (Å²) in [5.74, 6) is 1.09. The van der Waals surface area contributed by atoms with Gasteiger partial charge in [-0.2, -0.15) is 0 Å². The van der Waals surface area contributed by atoms with Crippen molar-refractivity contribution in [2.24, 2.45) is 0 Å². The highest BCUT2D eigenvalue weighted by molar-refractivity contribution is 5.69. The van der Waals surface area contributed by atoms with Crippen LogP contribution in [0.15, 0.2) is 24.3 Å². The first-order valence-electron chi connectivity index (χ1n) is 7.95. The van der Waals surface area contributed by atoms with E-state index in [-0.39, 0.29) is 18.0 Å². The molecule has 1 atom stereocenters. The molecule has 24 heavy (non-hydrogen) atoms. The van der Waals surface area contributed by atoms with Crippen molar-refractivity contribution in [2.75, 3.05) is 6.54 Å². The van der Waals surface area contributed by atoms with Crippen LogP contribution < -0.4 is 0 Å². The summed E-state index contributed by atoms with van der Waals surface area (Å²) in [5.41, 5.74) is 0.259. The minimum atomic E-state index is -0.540. The number of halogens is 1. The number of hydrogen-bond acceptors (Lipinski definition) is 4. The third kappa shape index (κ3) is 3.11. The molecule has 0 bridgehead atoms. The predicted octanol–water partition coefficient (Wildman–Crippen LogP) is 3.40. The van der Waals surface area contributed by atoms with Crippen LogP contribution >= 0.6 is 0 Å². The van der Waals surface area contributed by atoms with Crippen molar-refractivity contribution in [3.8, 4) is 11.4 Å². The SMILES string of the molecule is CC1c2nnc(-c3ccc(F)cc3)n2CCN1C(=O)OC(C)(C)C. The van der Waals surface area contributed by atoms with Crippen molar-refractivity contribution < 1.29 is 13.9 Å². The van der Waals surface area contributed by atoms with Gasteiger partial charge in [0.15, 0.2) is 11.6 Å². The molecular formula is C17H21FN4O2. The lowest BCUT2D eigenvalue weighted by Gasteiger charge is -2.35. The standard InChI is InChI=1S/C17H21FN4O2/c1-11-14-19-20-15(12-5-7-13(18)8-6-12)22(14)10-9-21(11)16(23)24-17(2,3)4/h5-8,11H,9-10H2,1-4H3. The van der Waals surface area contributed by atoms with E-state index in [1.165, 1.54) is 12.1 Å². The number of carbonyl (C=O) groups is 1. The Morgan fingerprint density at radius 2 is 1.88 bits per heavy atom. The smallest absolute Gasteiger partial charge is 0.410 e. The van der Waals surface area contributed by atoms with E-state index < -0.39 is 5.60 Å². The Hall–Kier alpha value is -2.44. The zero-order valence-electron chi connectivity index (χ0n) is 14.3. The topological polar surface area (TPSA) is 60.2 Å². The second-order valence-corrected chi connectivity index (χ2v) is 6.89. The molecule has 0 aliphatic carbocycles. The molecule has 1 aromatic heterocycles. The first-order valence-corrected chi connectivity index (χ1v) is 7.95. The van der Waals surface area contributed by atoms with Crippen molar-refractivity contribution in [2.45, 2.75) is 45.9 Å². The molecule has 1 unspecified atom stereocenters. The number of aromatic nitrogens is 3. The maximum Gasteiger partial charge on any atom is 0.410 e. The van der Waals surface area contributed by atoms with Crippen LogP contribution in [0.5, 0.6) is 0 Å². The van der Waals surface area contributed by atoms with E-state index in [2.05, 4.69) is 10.2 Å². The van der Waals surface area contributed by atoms with Gasteiger partial charge >= 0.3 is 6.09 Å². The van der Waals surface area contributed by atoms with Gasteiger partial charge < -0.3 is 9.30 Å². The van der Waals surface area contributed by atoms with Gasteiger partial charge in [-0.25, -0.2) is 9.18 Å². The van der Waals surface area contributed by atoms with Gasteiger partial charge in [0, 0.05) is 18.7 Å². The average Bonchev–Trinajstić information content (AvgIpc) is 2.91. The van der Waals surface area contributed by atoms with Crippen LogP contribution in [0.25, 0.3) is 11.4 Å². The van der Waals surface area contributed by atoms with E-state index in [1.54, 1.807) is 17.0 Å². The molecule has 0 fully saturated rings. The van der Waals surface area contributed by atoms with Gasteiger partial charge in [0.2, 0.25) is 0 Å². The number of hydrogen-bond donors (Lipinski definition) is 0. The Bertz CT molecular complexity index is 749. The first-order chi connectivity index (χ1) is 11.3. The second kappa shape index (κ2) is 5.89. The lowest BCUT2D eigenvalue weighted by molar-refractivity contribution is 0.0121. The molecule has 1 amide bonds. The fraction of sp³-hybridized carbons (Fsp3) is 0.471. The highest BCUT2D eigenvalue weighted by Gasteiger charge is 2.34. The minimum Gasteiger partial charge on any atom is -0.444 e. The quantitative estimate of drug-likeness (QED) is 0.803. The molecule has 7 heteroatoms. The van der Waals surface area contributed by atoms with E-state index in [1.807, 2.05) is 32.3 Å². The third-order valence-corrected chi connectivity index (χ3v) is 3.92. The summed E-state index contributed by atoms with van der Waals surface area (Å²) < 4.78 is 20.5. The number of amides is 1. The fourth-order valence-electron chi connectivity index (χ4n) is 2.77. The summed E-state index contributed by atoms with van der Waals surface area (Å²) in [6.07, 6.45) is -0.354. The van der Waals surface area contributed by atoms with Crippen molar-refractivity contribution in [3.63, 3.8) is 0 Å². The van der Waals surface area contributed by atoms with E-state index >= 15 is 0 Å². The summed E-state index contributed by atoms with van der Waals surface area (Å²) in [6, 6.07) is 5.91. The highest BCUT2D eigenvalue weighted by atomic mass is 19.1. The van der Waals surface area contributed by atoms with Crippen LogP contribution in [0.1, 0.15) is 39.6 Å². The van der Waals surface area contributed by atoms with Gasteiger partial charge in [-0.1, -0.05) is 0 Å². The van der Waals surface area contributed by atoms with Crippen LogP contribution in [0.4, 0.5) is 9.18 Å². The Balaban J connectivity index is 1.86. The van der Waals surface area contributed by atoms with Crippen molar-refractivity contribution >= 4 is 6.09 Å². The largest absolute Gasteiger partial charge is 0.444 e. The fourth-order valence-corrected chi connectivity index (χ4v) is 2.77. The zero-order chi connectivity index (χ0) is 17.5. The monoisotopic (exact) mass is 332 g/mol. The van der Waals surface area contributed by atoms with E-state index in [4.69, 9.17) is 4.74 Å². The average molecular weight is 332 g/mol. The molecule has 128 valence electrons. The normalized spacial score (nSPS) is 17.5. The third-order valence-electron chi connectivity index (χ3n) is 3.92. The van der Waals surface area contributed by atoms with E-state index in [0.717, 1.165) is 5.56 Å². The Morgan fingerprint density at radius 3 is 2.50 bits per heavy atom. The number of nitrogens with zero attached hydrogens (tertiary/aromatic N) is 4. The molecular weight excluding hydrogens is 311 g/mol. The molecule has 0 spiro atoms. The predicted molar refractivity (Wildman–Crippen MR) is 86.8 cm³/mol. The number of rotatable bonds is 1. The molecule has 2 heterocycles. The van der Waals surface area contributed by atoms with Crippen LogP contribution in [0.3, 0.4) is 0 Å². The first kappa shape index (κ1) is 16.4. The van der Waals surface area contributed by atoms with Crippen molar-refractivity contribution in [1.82, 2.24) is 19.7 Å². The minimum absolute atomic E-state index is 0.240. The summed E-state index contributed by atoms with van der Waals surface area (Å²) in [6.45, 7) is 8.50. The molecule has 6 nitrogen and oxygen atoms in total. The molecule has 0 saturated carbocycles. The lowest BCUT2D eigenvalue weighted by Crippen LogP contribution is -2.43. The Labute approximate surface area is 140 Å². The molecule has 1 aromatic carbocycles. The second-order valence-electron chi connectivity index (χ2n) is 6.89. The summed E-state index contributed by atoms with van der Waals surface area (Å²) in [5, 5.41) is 8.46. The van der Waals surface area contributed by atoms with E-state index in [0.29, 0.717) is 24.7 Å². The number of benzene rings is 1. The lowest BCUT2D eigenvalue weighted by atomic mass is 10.1. The zero-order valence-corrected chi connectivity index (χ0v) is 14.3. The van der Waals surface area contributed by atoms with Crippen molar-refractivity contribution in [1.29, 1.82) is 0 Å². The van der Waals surface area contributed by atoms with Crippen LogP contribution in [-0.2, 0) is 11.3 Å². The number of ether oxygens (including phenoxy) is 1. The molecule has 1 aliphatic rings. The van der Waals surface area contributed by atoms with Gasteiger partial charge in [0.05, 0.1) is 6.04 Å². The Kier molecular flexibility index (Phi) is 4.03. The highest BCUT2D eigenvalue weighted by Crippen LogP contribution is 2.29. The van der Waals surface area contributed by atoms with Gasteiger partial charge in [-0.15, -0.1) is 10.2 Å². The van der Waals surface area contributed by atoms with Gasteiger partial charge in [-0.3, -0.25) is 4.90 Å². The van der Waals surface area contributed by atoms with Gasteiger partial charge in [0.1, 0.15) is 11.4 Å². The molecule has 0 saturated heterocycles. The van der Waals surface area contributed by atoms with Crippen LogP contribution in [0, 0.1) is 5.82 Å². The summed E-state index contributed by atoms with van der Waals surface area (Å²) in [4.78, 5) is 14.0.